The van der Waals surface area contributed by atoms with Crippen molar-refractivity contribution in [1.82, 2.24) is 0 Å². The highest BCUT2D eigenvalue weighted by Gasteiger charge is 2.17. The first kappa shape index (κ1) is 16.0. The molecule has 0 aromatic carbocycles. The third-order valence-corrected chi connectivity index (χ3v) is 4.01. The van der Waals surface area contributed by atoms with Crippen molar-refractivity contribution in [2.75, 3.05) is 0 Å². The van der Waals surface area contributed by atoms with Crippen LogP contribution < -0.4 is 0 Å². The zero-order chi connectivity index (χ0) is 12.4. The molecule has 0 rings (SSSR count). The quantitative estimate of drug-likeness (QED) is 0.397. The van der Waals surface area contributed by atoms with Crippen molar-refractivity contribution in [3.63, 3.8) is 0 Å². The molecule has 98 valence electrons. The van der Waals surface area contributed by atoms with E-state index in [0.717, 1.165) is 17.8 Å². The second kappa shape index (κ2) is 10.2. The molecule has 2 unspecified atom stereocenters. The van der Waals surface area contributed by atoms with Gasteiger partial charge in [-0.05, 0) is 24.2 Å². The predicted octanol–water partition coefficient (Wildman–Crippen LogP) is 6.06. The Labute approximate surface area is 104 Å². The van der Waals surface area contributed by atoms with Crippen LogP contribution >= 0.6 is 0 Å². The van der Waals surface area contributed by atoms with Gasteiger partial charge in [-0.1, -0.05) is 79.6 Å². The second-order valence-corrected chi connectivity index (χ2v) is 5.80. The lowest BCUT2D eigenvalue weighted by molar-refractivity contribution is 0.256. The summed E-state index contributed by atoms with van der Waals surface area (Å²) in [6.45, 7) is 11.8. The summed E-state index contributed by atoms with van der Waals surface area (Å²) in [6, 6.07) is 0. The summed E-state index contributed by atoms with van der Waals surface area (Å²) in [4.78, 5) is 0. The van der Waals surface area contributed by atoms with E-state index in [1.807, 2.05) is 0 Å². The fourth-order valence-corrected chi connectivity index (χ4v) is 2.75. The fourth-order valence-electron chi connectivity index (χ4n) is 2.75. The average Bonchev–Trinajstić information content (AvgIpc) is 2.27. The molecule has 0 heteroatoms. The van der Waals surface area contributed by atoms with E-state index < -0.39 is 0 Å². The largest absolute Gasteiger partial charge is 0.0654 e. The lowest BCUT2D eigenvalue weighted by Gasteiger charge is -2.26. The standard InChI is InChI=1S/C16H34/c1-6-9-10-11-15(7-2)16(8-3)13-12-14(4)5/h14-16H,6-13H2,1-5H3. The average molecular weight is 226 g/mol. The molecule has 0 radical (unpaired) electrons. The van der Waals surface area contributed by atoms with Crippen LogP contribution in [0.4, 0.5) is 0 Å². The van der Waals surface area contributed by atoms with Gasteiger partial charge in [-0.2, -0.15) is 0 Å². The van der Waals surface area contributed by atoms with Gasteiger partial charge in [0.05, 0.1) is 0 Å². The maximum atomic E-state index is 2.38. The van der Waals surface area contributed by atoms with Crippen LogP contribution in [0.3, 0.4) is 0 Å². The molecule has 0 amide bonds. The summed E-state index contributed by atoms with van der Waals surface area (Å²) in [5.41, 5.74) is 0. The van der Waals surface area contributed by atoms with Gasteiger partial charge in [-0.15, -0.1) is 0 Å². The smallest absolute Gasteiger partial charge is 0.0388 e. The second-order valence-electron chi connectivity index (χ2n) is 5.80. The number of rotatable bonds is 10. The summed E-state index contributed by atoms with van der Waals surface area (Å²) in [5.74, 6) is 2.86. The van der Waals surface area contributed by atoms with Gasteiger partial charge in [-0.25, -0.2) is 0 Å². The highest BCUT2D eigenvalue weighted by atomic mass is 14.2. The third-order valence-electron chi connectivity index (χ3n) is 4.01. The van der Waals surface area contributed by atoms with Gasteiger partial charge < -0.3 is 0 Å². The predicted molar refractivity (Wildman–Crippen MR) is 75.8 cm³/mol. The molecule has 0 saturated heterocycles. The Morgan fingerprint density at radius 3 is 1.69 bits per heavy atom. The molecule has 0 aromatic heterocycles. The summed E-state index contributed by atoms with van der Waals surface area (Å²) < 4.78 is 0. The zero-order valence-corrected chi connectivity index (χ0v) is 12.4. The van der Waals surface area contributed by atoms with Crippen molar-refractivity contribution in [2.45, 2.75) is 86.0 Å². The van der Waals surface area contributed by atoms with Crippen LogP contribution in [0.1, 0.15) is 86.0 Å². The highest BCUT2D eigenvalue weighted by Crippen LogP contribution is 2.29. The molecule has 0 N–H and O–H groups in total. The number of hydrogen-bond donors (Lipinski definition) is 0. The Kier molecular flexibility index (Phi) is 10.2. The van der Waals surface area contributed by atoms with Crippen molar-refractivity contribution in [2.24, 2.45) is 17.8 Å². The topological polar surface area (TPSA) is 0 Å². The van der Waals surface area contributed by atoms with E-state index in [0.29, 0.717) is 0 Å². The first-order chi connectivity index (χ1) is 7.65. The molecule has 0 aliphatic heterocycles. The van der Waals surface area contributed by atoms with Crippen molar-refractivity contribution >= 4 is 0 Å². The van der Waals surface area contributed by atoms with Crippen LogP contribution in [0.5, 0.6) is 0 Å². The Balaban J connectivity index is 3.95. The van der Waals surface area contributed by atoms with E-state index in [2.05, 4.69) is 34.6 Å². The first-order valence-electron chi connectivity index (χ1n) is 7.65. The molecule has 2 atom stereocenters. The van der Waals surface area contributed by atoms with Crippen LogP contribution in [0.25, 0.3) is 0 Å². The molecule has 0 bridgehead atoms. The van der Waals surface area contributed by atoms with E-state index in [1.54, 1.807) is 0 Å². The van der Waals surface area contributed by atoms with Crippen LogP contribution in [-0.4, -0.2) is 0 Å². The molecular formula is C16H34. The monoisotopic (exact) mass is 226 g/mol. The Bertz CT molecular complexity index is 137. The molecule has 0 fully saturated rings. The minimum Gasteiger partial charge on any atom is -0.0654 e. The lowest BCUT2D eigenvalue weighted by Crippen LogP contribution is -2.14. The molecule has 16 heavy (non-hydrogen) atoms. The van der Waals surface area contributed by atoms with Crippen LogP contribution in [0.2, 0.25) is 0 Å². The van der Waals surface area contributed by atoms with Crippen molar-refractivity contribution < 1.29 is 0 Å². The SMILES string of the molecule is CCCCCC(CC)C(CC)CCC(C)C. The molecular weight excluding hydrogens is 192 g/mol. The van der Waals surface area contributed by atoms with Gasteiger partial charge >= 0.3 is 0 Å². The molecule has 0 aromatic rings. The van der Waals surface area contributed by atoms with Gasteiger partial charge in [0.1, 0.15) is 0 Å². The third kappa shape index (κ3) is 7.30. The summed E-state index contributed by atoms with van der Waals surface area (Å²) in [5, 5.41) is 0. The maximum absolute atomic E-state index is 2.38. The lowest BCUT2D eigenvalue weighted by atomic mass is 9.80. The minimum absolute atomic E-state index is 0.877. The van der Waals surface area contributed by atoms with E-state index in [-0.39, 0.29) is 0 Å². The van der Waals surface area contributed by atoms with E-state index in [1.165, 1.54) is 51.4 Å². The minimum atomic E-state index is 0.877. The highest BCUT2D eigenvalue weighted by molar-refractivity contribution is 4.69. The summed E-state index contributed by atoms with van der Waals surface area (Å²) in [7, 11) is 0. The molecule has 0 aliphatic rings. The Hall–Kier alpha value is 0. The zero-order valence-electron chi connectivity index (χ0n) is 12.4. The maximum Gasteiger partial charge on any atom is -0.0388 e. The normalized spacial score (nSPS) is 15.4. The van der Waals surface area contributed by atoms with Gasteiger partial charge in [0, 0.05) is 0 Å². The molecule has 0 nitrogen and oxygen atoms in total. The van der Waals surface area contributed by atoms with Gasteiger partial charge in [0.15, 0.2) is 0 Å². The van der Waals surface area contributed by atoms with E-state index in [9.17, 15) is 0 Å². The summed E-state index contributed by atoms with van der Waals surface area (Å²) >= 11 is 0. The van der Waals surface area contributed by atoms with E-state index in [4.69, 9.17) is 0 Å². The van der Waals surface area contributed by atoms with Crippen LogP contribution in [0, 0.1) is 17.8 Å². The molecule has 0 heterocycles. The first-order valence-corrected chi connectivity index (χ1v) is 7.65. The van der Waals surface area contributed by atoms with Gasteiger partial charge in [0.25, 0.3) is 0 Å². The molecule has 0 saturated carbocycles. The number of unbranched alkanes of at least 4 members (excludes halogenated alkanes) is 2. The van der Waals surface area contributed by atoms with E-state index >= 15 is 0 Å². The fraction of sp³-hybridized carbons (Fsp3) is 1.00. The van der Waals surface area contributed by atoms with Gasteiger partial charge in [0.2, 0.25) is 0 Å². The van der Waals surface area contributed by atoms with Crippen molar-refractivity contribution in [3.05, 3.63) is 0 Å². The van der Waals surface area contributed by atoms with Crippen molar-refractivity contribution in [1.29, 1.82) is 0 Å². The van der Waals surface area contributed by atoms with Crippen molar-refractivity contribution in [3.8, 4) is 0 Å². The summed E-state index contributed by atoms with van der Waals surface area (Å²) in [6.07, 6.45) is 11.4. The molecule has 0 spiro atoms. The Morgan fingerprint density at radius 2 is 1.25 bits per heavy atom. The van der Waals surface area contributed by atoms with Crippen LogP contribution in [-0.2, 0) is 0 Å². The number of hydrogen-bond acceptors (Lipinski definition) is 0. The van der Waals surface area contributed by atoms with Crippen LogP contribution in [0.15, 0.2) is 0 Å². The van der Waals surface area contributed by atoms with Gasteiger partial charge in [-0.3, -0.25) is 0 Å². The molecule has 0 aliphatic carbocycles. The Morgan fingerprint density at radius 1 is 0.688 bits per heavy atom.